The Bertz CT molecular complexity index is 844. The number of hydrogen-bond donors (Lipinski definition) is 1. The van der Waals surface area contributed by atoms with Gasteiger partial charge in [-0.1, -0.05) is 17.7 Å². The fourth-order valence-corrected chi connectivity index (χ4v) is 2.24. The highest BCUT2D eigenvalue weighted by Gasteiger charge is 2.12. The summed E-state index contributed by atoms with van der Waals surface area (Å²) in [6, 6.07) is 8.84. The second-order valence-electron chi connectivity index (χ2n) is 4.37. The summed E-state index contributed by atoms with van der Waals surface area (Å²) in [5, 5.41) is 4.35. The van der Waals surface area contributed by atoms with E-state index in [1.54, 1.807) is 22.8 Å². The molecule has 2 N–H and O–H groups in total. The molecule has 2 aromatic heterocycles. The highest BCUT2D eigenvalue weighted by Crippen LogP contribution is 2.26. The van der Waals surface area contributed by atoms with Gasteiger partial charge in [-0.15, -0.1) is 5.10 Å². The van der Waals surface area contributed by atoms with Gasteiger partial charge in [0, 0.05) is 6.20 Å². The Hall–Kier alpha value is -2.60. The highest BCUT2D eigenvalue weighted by molar-refractivity contribution is 6.33. The summed E-state index contributed by atoms with van der Waals surface area (Å²) < 4.78 is 6.29. The summed E-state index contributed by atoms with van der Waals surface area (Å²) >= 11 is 6.01. The van der Waals surface area contributed by atoms with Crippen LogP contribution >= 0.6 is 11.6 Å². The average Bonchev–Trinajstić information content (AvgIpc) is 2.86. The minimum atomic E-state index is -0.477. The van der Waals surface area contributed by atoms with Crippen LogP contribution in [0.15, 0.2) is 36.5 Å². The van der Waals surface area contributed by atoms with Gasteiger partial charge in [-0.25, -0.2) is 9.31 Å². The number of halogens is 1. The SMILES string of the molecule is COC(=O)c1cc(-c2ccn3nc(N)nc3c2)ccc1Cl. The molecule has 3 aromatic rings. The van der Waals surface area contributed by atoms with Crippen molar-refractivity contribution in [2.75, 3.05) is 12.8 Å². The Labute approximate surface area is 125 Å². The van der Waals surface area contributed by atoms with Crippen molar-refractivity contribution in [3.05, 3.63) is 47.1 Å². The van der Waals surface area contributed by atoms with E-state index in [0.717, 1.165) is 11.1 Å². The highest BCUT2D eigenvalue weighted by atomic mass is 35.5. The van der Waals surface area contributed by atoms with Crippen molar-refractivity contribution in [2.24, 2.45) is 0 Å². The second kappa shape index (κ2) is 5.06. The number of fused-ring (bicyclic) bond motifs is 1. The Kier molecular flexibility index (Phi) is 3.23. The van der Waals surface area contributed by atoms with E-state index in [0.29, 0.717) is 16.2 Å². The van der Waals surface area contributed by atoms with Gasteiger partial charge in [0.25, 0.3) is 0 Å². The summed E-state index contributed by atoms with van der Waals surface area (Å²) in [6.45, 7) is 0. The summed E-state index contributed by atoms with van der Waals surface area (Å²) in [5.74, 6) is -0.270. The number of ether oxygens (including phenoxy) is 1. The van der Waals surface area contributed by atoms with Crippen molar-refractivity contribution in [2.45, 2.75) is 0 Å². The van der Waals surface area contributed by atoms with E-state index in [1.165, 1.54) is 7.11 Å². The van der Waals surface area contributed by atoms with Crippen molar-refractivity contribution in [1.82, 2.24) is 14.6 Å². The number of pyridine rings is 1. The van der Waals surface area contributed by atoms with Crippen molar-refractivity contribution in [3.8, 4) is 11.1 Å². The van der Waals surface area contributed by atoms with E-state index >= 15 is 0 Å². The summed E-state index contributed by atoms with van der Waals surface area (Å²) in [6.07, 6.45) is 1.75. The zero-order valence-electron chi connectivity index (χ0n) is 11.1. The zero-order valence-corrected chi connectivity index (χ0v) is 11.8. The number of nitrogens with two attached hydrogens (primary N) is 1. The van der Waals surface area contributed by atoms with Crippen LogP contribution in [-0.4, -0.2) is 27.7 Å². The van der Waals surface area contributed by atoms with Gasteiger partial charge in [0.1, 0.15) is 0 Å². The molecule has 6 nitrogen and oxygen atoms in total. The quantitative estimate of drug-likeness (QED) is 0.735. The third-order valence-corrected chi connectivity index (χ3v) is 3.39. The largest absolute Gasteiger partial charge is 0.465 e. The van der Waals surface area contributed by atoms with E-state index in [9.17, 15) is 4.79 Å². The van der Waals surface area contributed by atoms with Gasteiger partial charge in [-0.2, -0.15) is 4.98 Å². The number of nitrogen functional groups attached to an aromatic ring is 1. The van der Waals surface area contributed by atoms with Crippen LogP contribution in [0.3, 0.4) is 0 Å². The van der Waals surface area contributed by atoms with Crippen LogP contribution in [0.2, 0.25) is 5.02 Å². The first kappa shape index (κ1) is 13.4. The molecule has 1 aromatic carbocycles. The minimum Gasteiger partial charge on any atom is -0.465 e. The van der Waals surface area contributed by atoms with Crippen molar-refractivity contribution >= 4 is 29.2 Å². The fraction of sp³-hybridized carbons (Fsp3) is 0.0714. The van der Waals surface area contributed by atoms with Gasteiger partial charge in [0.05, 0.1) is 17.7 Å². The van der Waals surface area contributed by atoms with E-state index in [1.807, 2.05) is 18.2 Å². The molecule has 0 aliphatic carbocycles. The average molecular weight is 303 g/mol. The molecule has 0 bridgehead atoms. The zero-order chi connectivity index (χ0) is 15.0. The Morgan fingerprint density at radius 2 is 2.05 bits per heavy atom. The standard InChI is InChI=1S/C14H11ClN4O2/c1-21-13(20)10-6-8(2-3-11(10)15)9-4-5-19-12(7-9)17-14(16)18-19/h2-7H,1H3,(H2,16,18). The van der Waals surface area contributed by atoms with Gasteiger partial charge < -0.3 is 10.5 Å². The summed E-state index contributed by atoms with van der Waals surface area (Å²) in [4.78, 5) is 15.8. The third kappa shape index (κ3) is 2.41. The first-order valence-corrected chi connectivity index (χ1v) is 6.46. The van der Waals surface area contributed by atoms with Gasteiger partial charge in [0.15, 0.2) is 5.65 Å². The Morgan fingerprint density at radius 1 is 1.29 bits per heavy atom. The number of benzene rings is 1. The van der Waals surface area contributed by atoms with E-state index < -0.39 is 5.97 Å². The fourth-order valence-electron chi connectivity index (χ4n) is 2.05. The monoisotopic (exact) mass is 302 g/mol. The molecular formula is C14H11ClN4O2. The van der Waals surface area contributed by atoms with Gasteiger partial charge in [-0.3, -0.25) is 0 Å². The van der Waals surface area contributed by atoms with E-state index in [2.05, 4.69) is 10.1 Å². The number of rotatable bonds is 2. The number of aromatic nitrogens is 3. The maximum Gasteiger partial charge on any atom is 0.339 e. The van der Waals surface area contributed by atoms with Gasteiger partial charge >= 0.3 is 5.97 Å². The lowest BCUT2D eigenvalue weighted by molar-refractivity contribution is 0.0601. The second-order valence-corrected chi connectivity index (χ2v) is 4.78. The first-order chi connectivity index (χ1) is 10.1. The van der Waals surface area contributed by atoms with Crippen LogP contribution < -0.4 is 5.73 Å². The van der Waals surface area contributed by atoms with Gasteiger partial charge in [0.2, 0.25) is 5.95 Å². The molecule has 106 valence electrons. The molecule has 7 heteroatoms. The van der Waals surface area contributed by atoms with Crippen LogP contribution in [0.25, 0.3) is 16.8 Å². The van der Waals surface area contributed by atoms with Crippen molar-refractivity contribution in [1.29, 1.82) is 0 Å². The van der Waals surface area contributed by atoms with Gasteiger partial charge in [-0.05, 0) is 35.4 Å². The number of nitrogens with zero attached hydrogens (tertiary/aromatic N) is 3. The number of anilines is 1. The minimum absolute atomic E-state index is 0.207. The molecule has 0 spiro atoms. The van der Waals surface area contributed by atoms with E-state index in [-0.39, 0.29) is 5.95 Å². The number of methoxy groups -OCH3 is 1. The number of carbonyl (C=O) groups excluding carboxylic acids is 1. The molecule has 0 saturated heterocycles. The van der Waals surface area contributed by atoms with Crippen molar-refractivity contribution < 1.29 is 9.53 Å². The topological polar surface area (TPSA) is 82.5 Å². The van der Waals surface area contributed by atoms with Crippen LogP contribution in [0.4, 0.5) is 5.95 Å². The van der Waals surface area contributed by atoms with Crippen molar-refractivity contribution in [3.63, 3.8) is 0 Å². The molecule has 21 heavy (non-hydrogen) atoms. The normalized spacial score (nSPS) is 10.8. The van der Waals surface area contributed by atoms with E-state index in [4.69, 9.17) is 22.1 Å². The molecule has 2 heterocycles. The molecule has 0 aliphatic rings. The summed E-state index contributed by atoms with van der Waals surface area (Å²) in [7, 11) is 1.32. The van der Waals surface area contributed by atoms with Crippen LogP contribution in [-0.2, 0) is 4.74 Å². The molecule has 0 atom stereocenters. The lowest BCUT2D eigenvalue weighted by Crippen LogP contribution is -2.02. The maximum atomic E-state index is 11.7. The maximum absolute atomic E-state index is 11.7. The molecule has 0 radical (unpaired) electrons. The van der Waals surface area contributed by atoms with Crippen LogP contribution in [0.1, 0.15) is 10.4 Å². The summed E-state index contributed by atoms with van der Waals surface area (Å²) in [5.41, 5.74) is 8.20. The number of hydrogen-bond acceptors (Lipinski definition) is 5. The van der Waals surface area contributed by atoms with Crippen LogP contribution in [0, 0.1) is 0 Å². The Morgan fingerprint density at radius 3 is 2.81 bits per heavy atom. The molecule has 0 aliphatic heterocycles. The third-order valence-electron chi connectivity index (χ3n) is 3.06. The lowest BCUT2D eigenvalue weighted by Gasteiger charge is -2.06. The predicted molar refractivity (Wildman–Crippen MR) is 79.2 cm³/mol. The molecule has 0 fully saturated rings. The molecule has 0 amide bonds. The lowest BCUT2D eigenvalue weighted by atomic mass is 10.0. The predicted octanol–water partition coefficient (Wildman–Crippen LogP) is 2.42. The Balaban J connectivity index is 2.11. The van der Waals surface area contributed by atoms with Crippen LogP contribution in [0.5, 0.6) is 0 Å². The molecule has 0 unspecified atom stereocenters. The number of carbonyl (C=O) groups is 1. The molecular weight excluding hydrogens is 292 g/mol. The number of esters is 1. The smallest absolute Gasteiger partial charge is 0.339 e. The molecule has 3 rings (SSSR count). The molecule has 0 saturated carbocycles. The first-order valence-electron chi connectivity index (χ1n) is 6.08.